The zero-order valence-electron chi connectivity index (χ0n) is 17.6. The van der Waals surface area contributed by atoms with Crippen LogP contribution in [0.4, 0.5) is 18.9 Å². The Balaban J connectivity index is 1.60. The SMILES string of the molecule is Cc1ccc2c(c1)[C@]1(SCCN1C(=O)c1ccc(F)cc1)C(=O)N2Cc1ccc(F)cc1F. The van der Waals surface area contributed by atoms with Crippen molar-refractivity contribution in [3.05, 3.63) is 100 Å². The van der Waals surface area contributed by atoms with Gasteiger partial charge in [0.1, 0.15) is 17.5 Å². The van der Waals surface area contributed by atoms with Crippen LogP contribution in [0.1, 0.15) is 27.0 Å². The predicted molar refractivity (Wildman–Crippen MR) is 120 cm³/mol. The van der Waals surface area contributed by atoms with Crippen LogP contribution in [0.5, 0.6) is 0 Å². The molecule has 3 aromatic rings. The van der Waals surface area contributed by atoms with E-state index >= 15 is 0 Å². The highest BCUT2D eigenvalue weighted by atomic mass is 32.2. The highest BCUT2D eigenvalue weighted by Gasteiger charge is 2.59. The van der Waals surface area contributed by atoms with Crippen LogP contribution in [0.25, 0.3) is 0 Å². The van der Waals surface area contributed by atoms with Crippen LogP contribution < -0.4 is 4.90 Å². The maximum atomic E-state index is 14.4. The molecule has 0 unspecified atom stereocenters. The molecule has 0 saturated carbocycles. The average molecular weight is 469 g/mol. The van der Waals surface area contributed by atoms with Gasteiger partial charge in [-0.1, -0.05) is 23.8 Å². The number of halogens is 3. The summed E-state index contributed by atoms with van der Waals surface area (Å²) in [7, 11) is 0. The molecule has 1 fully saturated rings. The molecule has 3 aromatic carbocycles. The standard InChI is InChI=1S/C25H19F3N2O2S/c1-15-2-9-22-20(12-15)25(24(32)29(22)14-17-5-8-19(27)13-21(17)28)30(10-11-33-25)23(31)16-3-6-18(26)7-4-16/h2-9,12-13H,10-11,14H2,1H3/t25-/m0/s1. The normalized spacial score (nSPS) is 19.5. The third kappa shape index (κ3) is 3.40. The maximum Gasteiger partial charge on any atom is 0.268 e. The molecule has 0 radical (unpaired) electrons. The molecule has 5 rings (SSSR count). The Morgan fingerprint density at radius 3 is 2.45 bits per heavy atom. The Hall–Kier alpha value is -3.26. The van der Waals surface area contributed by atoms with E-state index in [1.54, 1.807) is 6.07 Å². The van der Waals surface area contributed by atoms with Crippen LogP contribution in [-0.2, 0) is 16.2 Å². The highest BCUT2D eigenvalue weighted by molar-refractivity contribution is 8.01. The Morgan fingerprint density at radius 1 is 1.00 bits per heavy atom. The lowest BCUT2D eigenvalue weighted by Crippen LogP contribution is -2.50. The number of carbonyl (C=O) groups excluding carboxylic acids is 2. The molecular formula is C25H19F3N2O2S. The number of hydrogen-bond donors (Lipinski definition) is 0. The van der Waals surface area contributed by atoms with Gasteiger partial charge in [-0.15, -0.1) is 11.8 Å². The zero-order chi connectivity index (χ0) is 23.3. The molecule has 0 N–H and O–H groups in total. The second kappa shape index (κ2) is 7.95. The minimum Gasteiger partial charge on any atom is -0.311 e. The summed E-state index contributed by atoms with van der Waals surface area (Å²) >= 11 is 1.35. The van der Waals surface area contributed by atoms with Crippen LogP contribution in [0, 0.1) is 24.4 Å². The van der Waals surface area contributed by atoms with E-state index in [9.17, 15) is 22.8 Å². The average Bonchev–Trinajstić information content (AvgIpc) is 3.32. The quantitative estimate of drug-likeness (QED) is 0.543. The molecule has 1 spiro atoms. The summed E-state index contributed by atoms with van der Waals surface area (Å²) in [6.07, 6.45) is 0. The van der Waals surface area contributed by atoms with Crippen molar-refractivity contribution in [3.8, 4) is 0 Å². The number of anilines is 1. The summed E-state index contributed by atoms with van der Waals surface area (Å²) in [6.45, 7) is 2.13. The summed E-state index contributed by atoms with van der Waals surface area (Å²) in [5, 5.41) is 0. The second-order valence-electron chi connectivity index (χ2n) is 8.10. The van der Waals surface area contributed by atoms with Gasteiger partial charge in [0.15, 0.2) is 4.87 Å². The number of benzene rings is 3. The molecule has 1 atom stereocenters. The second-order valence-corrected chi connectivity index (χ2v) is 9.39. The minimum atomic E-state index is -1.30. The van der Waals surface area contributed by atoms with Crippen LogP contribution in [0.3, 0.4) is 0 Å². The van der Waals surface area contributed by atoms with Crippen molar-refractivity contribution in [1.29, 1.82) is 0 Å². The molecule has 33 heavy (non-hydrogen) atoms. The number of rotatable bonds is 3. The molecule has 0 aromatic heterocycles. The first-order valence-corrected chi connectivity index (χ1v) is 11.4. The van der Waals surface area contributed by atoms with E-state index in [4.69, 9.17) is 0 Å². The molecule has 0 bridgehead atoms. The Bertz CT molecular complexity index is 1280. The third-order valence-electron chi connectivity index (χ3n) is 6.03. The molecule has 168 valence electrons. The fourth-order valence-electron chi connectivity index (χ4n) is 4.45. The van der Waals surface area contributed by atoms with E-state index in [1.807, 2.05) is 19.1 Å². The van der Waals surface area contributed by atoms with Crippen molar-refractivity contribution < 1.29 is 22.8 Å². The lowest BCUT2D eigenvalue weighted by Gasteiger charge is -2.33. The number of aryl methyl sites for hydroxylation is 1. The van der Waals surface area contributed by atoms with Crippen LogP contribution in [0.2, 0.25) is 0 Å². The highest BCUT2D eigenvalue weighted by Crippen LogP contribution is 2.55. The first-order valence-electron chi connectivity index (χ1n) is 10.4. The lowest BCUT2D eigenvalue weighted by atomic mass is 10.0. The maximum absolute atomic E-state index is 14.4. The van der Waals surface area contributed by atoms with Gasteiger partial charge >= 0.3 is 0 Å². The van der Waals surface area contributed by atoms with Crippen LogP contribution >= 0.6 is 11.8 Å². The monoisotopic (exact) mass is 468 g/mol. The van der Waals surface area contributed by atoms with Gasteiger partial charge in [-0.3, -0.25) is 9.59 Å². The smallest absolute Gasteiger partial charge is 0.268 e. The minimum absolute atomic E-state index is 0.0953. The predicted octanol–water partition coefficient (Wildman–Crippen LogP) is 5.00. The number of fused-ring (bicyclic) bond motifs is 2. The van der Waals surface area contributed by atoms with Crippen molar-refractivity contribution in [2.24, 2.45) is 0 Å². The molecule has 1 saturated heterocycles. The van der Waals surface area contributed by atoms with Crippen molar-refractivity contribution in [2.45, 2.75) is 18.3 Å². The van der Waals surface area contributed by atoms with Crippen molar-refractivity contribution >= 4 is 29.3 Å². The number of carbonyl (C=O) groups is 2. The Morgan fingerprint density at radius 2 is 1.73 bits per heavy atom. The first-order chi connectivity index (χ1) is 15.8. The molecule has 2 heterocycles. The van der Waals surface area contributed by atoms with E-state index in [2.05, 4.69) is 0 Å². The van der Waals surface area contributed by atoms with E-state index in [1.165, 1.54) is 51.9 Å². The largest absolute Gasteiger partial charge is 0.311 e. The summed E-state index contributed by atoms with van der Waals surface area (Å²) in [5.41, 5.74) is 2.61. The first kappa shape index (κ1) is 21.6. The molecular weight excluding hydrogens is 449 g/mol. The summed E-state index contributed by atoms with van der Waals surface area (Å²) < 4.78 is 41.2. The van der Waals surface area contributed by atoms with Crippen LogP contribution in [-0.4, -0.2) is 29.0 Å². The van der Waals surface area contributed by atoms with Gasteiger partial charge in [0.05, 0.1) is 12.2 Å². The summed E-state index contributed by atoms with van der Waals surface area (Å²) in [6, 6.07) is 14.0. The summed E-state index contributed by atoms with van der Waals surface area (Å²) in [4.78, 5) is 29.0. The number of thioether (sulfide) groups is 1. The van der Waals surface area contributed by atoms with E-state index in [-0.39, 0.29) is 29.5 Å². The zero-order valence-corrected chi connectivity index (χ0v) is 18.5. The molecule has 2 amide bonds. The number of amides is 2. The Labute approximate surface area is 193 Å². The molecule has 8 heteroatoms. The van der Waals surface area contributed by atoms with E-state index in [0.717, 1.165) is 17.7 Å². The number of hydrogen-bond acceptors (Lipinski definition) is 3. The lowest BCUT2D eigenvalue weighted by molar-refractivity contribution is -0.123. The van der Waals surface area contributed by atoms with Gasteiger partial charge in [-0.05, 0) is 43.3 Å². The topological polar surface area (TPSA) is 40.6 Å². The van der Waals surface area contributed by atoms with Gasteiger partial charge in [0.25, 0.3) is 11.8 Å². The van der Waals surface area contributed by atoms with Crippen LogP contribution in [0.15, 0.2) is 60.7 Å². The Kier molecular flexibility index (Phi) is 5.20. The van der Waals surface area contributed by atoms with Crippen molar-refractivity contribution in [2.75, 3.05) is 17.2 Å². The van der Waals surface area contributed by atoms with Gasteiger partial charge in [0, 0.05) is 35.1 Å². The van der Waals surface area contributed by atoms with Gasteiger partial charge in [0.2, 0.25) is 0 Å². The van der Waals surface area contributed by atoms with Gasteiger partial charge < -0.3 is 9.80 Å². The molecule has 0 aliphatic carbocycles. The molecule has 4 nitrogen and oxygen atoms in total. The molecule has 2 aliphatic heterocycles. The van der Waals surface area contributed by atoms with E-state index < -0.39 is 22.3 Å². The van der Waals surface area contributed by atoms with Crippen molar-refractivity contribution in [1.82, 2.24) is 4.90 Å². The van der Waals surface area contributed by atoms with E-state index in [0.29, 0.717) is 23.5 Å². The number of nitrogens with zero attached hydrogens (tertiary/aromatic N) is 2. The third-order valence-corrected chi connectivity index (χ3v) is 7.45. The van der Waals surface area contributed by atoms with Gasteiger partial charge in [-0.2, -0.15) is 0 Å². The fraction of sp³-hybridized carbons (Fsp3) is 0.200. The molecule has 2 aliphatic rings. The fourth-order valence-corrected chi connectivity index (χ4v) is 5.91. The van der Waals surface area contributed by atoms with Gasteiger partial charge in [-0.25, -0.2) is 13.2 Å². The van der Waals surface area contributed by atoms with Crippen molar-refractivity contribution in [3.63, 3.8) is 0 Å². The summed E-state index contributed by atoms with van der Waals surface area (Å²) in [5.74, 6) is -2.09.